The summed E-state index contributed by atoms with van der Waals surface area (Å²) in [6.45, 7) is 3.03. The maximum atomic E-state index is 12.1. The van der Waals surface area contributed by atoms with Crippen LogP contribution in [-0.2, 0) is 11.8 Å². The van der Waals surface area contributed by atoms with E-state index in [-0.39, 0.29) is 23.7 Å². The fourth-order valence-corrected chi connectivity index (χ4v) is 2.77. The second kappa shape index (κ2) is 6.31. The molecule has 0 unspecified atom stereocenters. The highest BCUT2D eigenvalue weighted by Crippen LogP contribution is 2.32. The molecular formula is C15H20N4O3. The molecule has 0 bridgehead atoms. The molecule has 1 saturated heterocycles. The predicted octanol–water partition coefficient (Wildman–Crippen LogP) is 1.61. The maximum absolute atomic E-state index is 12.1. The molecule has 3 rings (SSSR count). The van der Waals surface area contributed by atoms with Gasteiger partial charge in [0, 0.05) is 44.6 Å². The van der Waals surface area contributed by atoms with Crippen molar-refractivity contribution in [1.29, 1.82) is 0 Å². The van der Waals surface area contributed by atoms with Gasteiger partial charge in [0.2, 0.25) is 5.76 Å². The highest BCUT2D eigenvalue weighted by Gasteiger charge is 2.30. The van der Waals surface area contributed by atoms with Gasteiger partial charge >= 0.3 is 0 Å². The second-order valence-corrected chi connectivity index (χ2v) is 5.63. The molecule has 1 aliphatic rings. The number of aryl methyl sites for hydroxylation is 2. The second-order valence-electron chi connectivity index (χ2n) is 5.63. The number of nitrogens with one attached hydrogen (secondary N) is 1. The Balaban J connectivity index is 1.65. The highest BCUT2D eigenvalue weighted by molar-refractivity contribution is 5.91. The summed E-state index contributed by atoms with van der Waals surface area (Å²) in [6.07, 6.45) is 5.56. The standard InChI is InChI=1S/C15H20N4O3/c1-10-8-12(22-18-10)15(20)17-9-11-4-3-7-21-13(11)14-16-5-6-19(14)2/h5-6,8,11,13H,3-4,7,9H2,1-2H3,(H,17,20)/t11-,13+/m0/s1. The number of imidazole rings is 1. The van der Waals surface area contributed by atoms with Gasteiger partial charge in [-0.15, -0.1) is 0 Å². The Morgan fingerprint density at radius 3 is 3.09 bits per heavy atom. The Morgan fingerprint density at radius 1 is 1.55 bits per heavy atom. The van der Waals surface area contributed by atoms with E-state index in [0.717, 1.165) is 25.3 Å². The normalized spacial score (nSPS) is 21.7. The zero-order valence-corrected chi connectivity index (χ0v) is 12.8. The van der Waals surface area contributed by atoms with Crippen molar-refractivity contribution < 1.29 is 14.1 Å². The predicted molar refractivity (Wildman–Crippen MR) is 78.2 cm³/mol. The molecule has 0 aliphatic carbocycles. The minimum Gasteiger partial charge on any atom is -0.370 e. The van der Waals surface area contributed by atoms with E-state index in [2.05, 4.69) is 15.5 Å². The van der Waals surface area contributed by atoms with Crippen molar-refractivity contribution in [3.05, 3.63) is 35.7 Å². The van der Waals surface area contributed by atoms with Crippen molar-refractivity contribution in [1.82, 2.24) is 20.0 Å². The Kier molecular flexibility index (Phi) is 4.24. The number of hydrogen-bond donors (Lipinski definition) is 1. The summed E-state index contributed by atoms with van der Waals surface area (Å²) in [5, 5.41) is 6.63. The molecule has 2 atom stereocenters. The van der Waals surface area contributed by atoms with Crippen LogP contribution in [-0.4, -0.2) is 33.8 Å². The molecule has 0 saturated carbocycles. The first-order chi connectivity index (χ1) is 10.6. The Bertz CT molecular complexity index is 649. The topological polar surface area (TPSA) is 82.2 Å². The smallest absolute Gasteiger partial charge is 0.289 e. The average Bonchev–Trinajstić information content (AvgIpc) is 3.14. The minimum atomic E-state index is -0.246. The van der Waals surface area contributed by atoms with E-state index in [1.54, 1.807) is 19.2 Å². The van der Waals surface area contributed by atoms with Crippen LogP contribution in [0.2, 0.25) is 0 Å². The zero-order valence-electron chi connectivity index (χ0n) is 12.8. The van der Waals surface area contributed by atoms with Crippen LogP contribution in [0, 0.1) is 12.8 Å². The van der Waals surface area contributed by atoms with Crippen LogP contribution in [0.5, 0.6) is 0 Å². The molecule has 2 aromatic rings. The molecule has 0 radical (unpaired) electrons. The van der Waals surface area contributed by atoms with Crippen molar-refractivity contribution in [2.75, 3.05) is 13.2 Å². The van der Waals surface area contributed by atoms with E-state index >= 15 is 0 Å². The molecule has 2 aromatic heterocycles. The van der Waals surface area contributed by atoms with Gasteiger partial charge in [0.05, 0.1) is 5.69 Å². The third-order valence-corrected chi connectivity index (χ3v) is 3.93. The number of nitrogens with zero attached hydrogens (tertiary/aromatic N) is 3. The number of amides is 1. The molecule has 0 aromatic carbocycles. The Labute approximate surface area is 128 Å². The summed E-state index contributed by atoms with van der Waals surface area (Å²) in [5.41, 5.74) is 0.692. The van der Waals surface area contributed by atoms with Gasteiger partial charge in [-0.3, -0.25) is 4.79 Å². The molecule has 1 amide bonds. The van der Waals surface area contributed by atoms with E-state index in [9.17, 15) is 4.79 Å². The van der Waals surface area contributed by atoms with E-state index in [4.69, 9.17) is 9.26 Å². The summed E-state index contributed by atoms with van der Waals surface area (Å²) in [5.74, 6) is 1.09. The van der Waals surface area contributed by atoms with Gasteiger partial charge in [0.25, 0.3) is 5.91 Å². The molecule has 3 heterocycles. The molecule has 7 nitrogen and oxygen atoms in total. The lowest BCUT2D eigenvalue weighted by atomic mass is 9.93. The van der Waals surface area contributed by atoms with Gasteiger partial charge in [-0.05, 0) is 19.8 Å². The van der Waals surface area contributed by atoms with E-state index in [1.807, 2.05) is 17.8 Å². The number of aromatic nitrogens is 3. The van der Waals surface area contributed by atoms with Crippen LogP contribution in [0.15, 0.2) is 23.0 Å². The fraction of sp³-hybridized carbons (Fsp3) is 0.533. The average molecular weight is 304 g/mol. The first kappa shape index (κ1) is 14.8. The number of ether oxygens (including phenoxy) is 1. The molecule has 118 valence electrons. The summed E-state index contributed by atoms with van der Waals surface area (Å²) in [6, 6.07) is 1.63. The van der Waals surface area contributed by atoms with Gasteiger partial charge in [0.1, 0.15) is 11.9 Å². The van der Waals surface area contributed by atoms with E-state index < -0.39 is 0 Å². The van der Waals surface area contributed by atoms with Gasteiger partial charge in [-0.25, -0.2) is 4.98 Å². The van der Waals surface area contributed by atoms with Crippen LogP contribution in [0.4, 0.5) is 0 Å². The number of carbonyl (C=O) groups excluding carboxylic acids is 1. The van der Waals surface area contributed by atoms with Gasteiger partial charge in [0.15, 0.2) is 0 Å². The lowest BCUT2D eigenvalue weighted by Crippen LogP contribution is -2.35. The third-order valence-electron chi connectivity index (χ3n) is 3.93. The van der Waals surface area contributed by atoms with Gasteiger partial charge in [-0.2, -0.15) is 0 Å². The van der Waals surface area contributed by atoms with Crippen molar-refractivity contribution in [3.63, 3.8) is 0 Å². The maximum Gasteiger partial charge on any atom is 0.289 e. The first-order valence-corrected chi connectivity index (χ1v) is 7.45. The monoisotopic (exact) mass is 304 g/mol. The third kappa shape index (κ3) is 3.04. The molecule has 7 heteroatoms. The van der Waals surface area contributed by atoms with Crippen LogP contribution < -0.4 is 5.32 Å². The number of carbonyl (C=O) groups is 1. The summed E-state index contributed by atoms with van der Waals surface area (Å²) in [7, 11) is 1.95. The quantitative estimate of drug-likeness (QED) is 0.928. The highest BCUT2D eigenvalue weighted by atomic mass is 16.5. The van der Waals surface area contributed by atoms with Crippen molar-refractivity contribution >= 4 is 5.91 Å². The molecule has 1 N–H and O–H groups in total. The van der Waals surface area contributed by atoms with Crippen LogP contribution in [0.3, 0.4) is 0 Å². The number of rotatable bonds is 4. The van der Waals surface area contributed by atoms with Crippen molar-refractivity contribution in [3.8, 4) is 0 Å². The number of hydrogen-bond acceptors (Lipinski definition) is 5. The fourth-order valence-electron chi connectivity index (χ4n) is 2.77. The van der Waals surface area contributed by atoms with Gasteiger partial charge < -0.3 is 19.1 Å². The van der Waals surface area contributed by atoms with Crippen LogP contribution >= 0.6 is 0 Å². The SMILES string of the molecule is Cc1cc(C(=O)NC[C@@H]2CCCO[C@H]2c2nccn2C)on1. The first-order valence-electron chi connectivity index (χ1n) is 7.45. The van der Waals surface area contributed by atoms with Crippen molar-refractivity contribution in [2.24, 2.45) is 13.0 Å². The lowest BCUT2D eigenvalue weighted by molar-refractivity contribution is -0.0338. The lowest BCUT2D eigenvalue weighted by Gasteiger charge is -2.31. The summed E-state index contributed by atoms with van der Waals surface area (Å²) >= 11 is 0. The minimum absolute atomic E-state index is 0.0921. The van der Waals surface area contributed by atoms with E-state index in [0.29, 0.717) is 12.2 Å². The van der Waals surface area contributed by atoms with Crippen LogP contribution in [0.1, 0.15) is 41.0 Å². The molecule has 22 heavy (non-hydrogen) atoms. The Hall–Kier alpha value is -2.15. The largest absolute Gasteiger partial charge is 0.370 e. The molecule has 1 aliphatic heterocycles. The van der Waals surface area contributed by atoms with Gasteiger partial charge in [-0.1, -0.05) is 5.16 Å². The van der Waals surface area contributed by atoms with Crippen LogP contribution in [0.25, 0.3) is 0 Å². The molecule has 0 spiro atoms. The Morgan fingerprint density at radius 2 is 2.41 bits per heavy atom. The zero-order chi connectivity index (χ0) is 15.5. The molecule has 1 fully saturated rings. The van der Waals surface area contributed by atoms with Crippen molar-refractivity contribution in [2.45, 2.75) is 25.9 Å². The molecular weight excluding hydrogens is 284 g/mol. The summed E-state index contributed by atoms with van der Waals surface area (Å²) in [4.78, 5) is 16.4. The summed E-state index contributed by atoms with van der Waals surface area (Å²) < 4.78 is 12.8. The van der Waals surface area contributed by atoms with E-state index in [1.165, 1.54) is 0 Å².